The monoisotopic (exact) mass is 354 g/mol. The van der Waals surface area contributed by atoms with Crippen LogP contribution in [0.5, 0.6) is 11.5 Å². The molecule has 0 aliphatic heterocycles. The summed E-state index contributed by atoms with van der Waals surface area (Å²) in [7, 11) is 3.10. The van der Waals surface area contributed by atoms with E-state index in [4.69, 9.17) is 26.8 Å². The summed E-state index contributed by atoms with van der Waals surface area (Å²) in [6.45, 7) is 0. The van der Waals surface area contributed by atoms with Gasteiger partial charge in [-0.05, 0) is 30.3 Å². The first-order chi connectivity index (χ1) is 12.1. The lowest BCUT2D eigenvalue weighted by Gasteiger charge is -2.16. The van der Waals surface area contributed by atoms with Crippen molar-refractivity contribution in [3.63, 3.8) is 0 Å². The molecule has 0 fully saturated rings. The smallest absolute Gasteiger partial charge is 0.187 e. The van der Waals surface area contributed by atoms with Gasteiger partial charge in [-0.25, -0.2) is 0 Å². The second kappa shape index (κ2) is 6.75. The number of ether oxygens (including phenoxy) is 2. The van der Waals surface area contributed by atoms with Crippen molar-refractivity contribution in [2.24, 2.45) is 0 Å². The molecular weight excluding hydrogens is 340 g/mol. The van der Waals surface area contributed by atoms with Crippen LogP contribution in [0.25, 0.3) is 10.9 Å². The van der Waals surface area contributed by atoms with E-state index in [0.29, 0.717) is 50.1 Å². The van der Waals surface area contributed by atoms with Crippen molar-refractivity contribution >= 4 is 39.6 Å². The van der Waals surface area contributed by atoms with Crippen molar-refractivity contribution in [1.29, 1.82) is 5.26 Å². The number of pyridine rings is 1. The number of hydrogen-bond acceptors (Lipinski definition) is 6. The molecule has 0 aliphatic rings. The first-order valence-electron chi connectivity index (χ1n) is 7.35. The zero-order chi connectivity index (χ0) is 18.0. The van der Waals surface area contributed by atoms with Crippen molar-refractivity contribution in [1.82, 2.24) is 4.98 Å². The molecule has 0 amide bonds. The molecule has 0 unspecified atom stereocenters. The van der Waals surface area contributed by atoms with E-state index in [1.807, 2.05) is 6.07 Å². The maximum Gasteiger partial charge on any atom is 0.187 e. The normalized spacial score (nSPS) is 10.3. The number of nitrogens with one attached hydrogen (secondary N) is 1. The second-order valence-corrected chi connectivity index (χ2v) is 5.65. The fraction of sp³-hybridized carbons (Fsp3) is 0.111. The number of nitriles is 1. The summed E-state index contributed by atoms with van der Waals surface area (Å²) in [5.41, 5.74) is 8.68. The molecule has 2 aromatic carbocycles. The van der Waals surface area contributed by atoms with Crippen LogP contribution in [0.2, 0.25) is 5.02 Å². The highest BCUT2D eigenvalue weighted by Gasteiger charge is 2.16. The number of hydrogen-bond donors (Lipinski definition) is 2. The number of nitrogens with zero attached hydrogens (tertiary/aromatic N) is 2. The molecule has 3 N–H and O–H groups in total. The fourth-order valence-electron chi connectivity index (χ4n) is 2.58. The molecule has 0 atom stereocenters. The van der Waals surface area contributed by atoms with E-state index in [1.54, 1.807) is 38.5 Å². The van der Waals surface area contributed by atoms with Crippen LogP contribution in [0.4, 0.5) is 17.1 Å². The van der Waals surface area contributed by atoms with Gasteiger partial charge >= 0.3 is 0 Å². The first-order valence-corrected chi connectivity index (χ1v) is 7.72. The molecule has 3 rings (SSSR count). The van der Waals surface area contributed by atoms with Gasteiger partial charge in [-0.2, -0.15) is 5.26 Å². The maximum atomic E-state index is 9.46. The van der Waals surface area contributed by atoms with Gasteiger partial charge < -0.3 is 20.5 Å². The molecule has 0 spiro atoms. The van der Waals surface area contributed by atoms with Crippen LogP contribution >= 0.6 is 11.6 Å². The fourth-order valence-corrected chi connectivity index (χ4v) is 2.76. The molecule has 0 aliphatic carbocycles. The molecule has 3 aromatic rings. The van der Waals surface area contributed by atoms with Crippen molar-refractivity contribution in [2.75, 3.05) is 25.3 Å². The Morgan fingerprint density at radius 1 is 1.20 bits per heavy atom. The third kappa shape index (κ3) is 2.97. The third-order valence-corrected chi connectivity index (χ3v) is 4.01. The average molecular weight is 355 g/mol. The van der Waals surface area contributed by atoms with E-state index in [2.05, 4.69) is 16.4 Å². The quantitative estimate of drug-likeness (QED) is 0.685. The van der Waals surface area contributed by atoms with E-state index in [1.165, 1.54) is 6.20 Å². The number of methoxy groups -OCH3 is 2. The molecular formula is C18H15ClN4O2. The van der Waals surface area contributed by atoms with Crippen molar-refractivity contribution in [3.8, 4) is 17.6 Å². The SMILES string of the molecule is COc1ccc2c(Nc3ccc(Cl)cc3N)c(C#N)cnc2c1OC. The molecule has 7 heteroatoms. The minimum Gasteiger partial charge on any atom is -0.493 e. The van der Waals surface area contributed by atoms with Crippen LogP contribution in [-0.2, 0) is 0 Å². The minimum atomic E-state index is 0.383. The number of aromatic nitrogens is 1. The van der Waals surface area contributed by atoms with Crippen LogP contribution in [0, 0.1) is 11.3 Å². The van der Waals surface area contributed by atoms with Crippen LogP contribution < -0.4 is 20.5 Å². The Morgan fingerprint density at radius 3 is 2.64 bits per heavy atom. The number of nitrogen functional groups attached to an aromatic ring is 1. The van der Waals surface area contributed by atoms with E-state index in [0.717, 1.165) is 0 Å². The van der Waals surface area contributed by atoms with Crippen LogP contribution in [0.15, 0.2) is 36.5 Å². The molecule has 1 heterocycles. The molecule has 0 radical (unpaired) electrons. The predicted octanol–water partition coefficient (Wildman–Crippen LogP) is 4.10. The van der Waals surface area contributed by atoms with Crippen molar-refractivity contribution in [2.45, 2.75) is 0 Å². The van der Waals surface area contributed by atoms with Crippen LogP contribution in [0.1, 0.15) is 5.56 Å². The zero-order valence-electron chi connectivity index (χ0n) is 13.6. The van der Waals surface area contributed by atoms with Gasteiger partial charge in [-0.15, -0.1) is 0 Å². The number of halogens is 1. The van der Waals surface area contributed by atoms with Crippen LogP contribution in [-0.4, -0.2) is 19.2 Å². The number of nitrogens with two attached hydrogens (primary N) is 1. The van der Waals surface area contributed by atoms with E-state index in [-0.39, 0.29) is 0 Å². The highest BCUT2D eigenvalue weighted by atomic mass is 35.5. The minimum absolute atomic E-state index is 0.383. The first kappa shape index (κ1) is 16.7. The van der Waals surface area contributed by atoms with Gasteiger partial charge in [-0.3, -0.25) is 4.98 Å². The van der Waals surface area contributed by atoms with Gasteiger partial charge in [-0.1, -0.05) is 11.6 Å². The summed E-state index contributed by atoms with van der Waals surface area (Å²) in [4.78, 5) is 4.35. The van der Waals surface area contributed by atoms with Crippen LogP contribution in [0.3, 0.4) is 0 Å². The molecule has 0 bridgehead atoms. The largest absolute Gasteiger partial charge is 0.493 e. The highest BCUT2D eigenvalue weighted by molar-refractivity contribution is 6.31. The molecule has 126 valence electrons. The van der Waals surface area contributed by atoms with Gasteiger partial charge in [0.25, 0.3) is 0 Å². The Balaban J connectivity index is 2.23. The van der Waals surface area contributed by atoms with E-state index < -0.39 is 0 Å². The maximum absolute atomic E-state index is 9.46. The topological polar surface area (TPSA) is 93.2 Å². The highest BCUT2D eigenvalue weighted by Crippen LogP contribution is 2.39. The summed E-state index contributed by atoms with van der Waals surface area (Å²) >= 11 is 5.95. The van der Waals surface area contributed by atoms with Gasteiger partial charge in [0.15, 0.2) is 11.5 Å². The van der Waals surface area contributed by atoms with Gasteiger partial charge in [0.2, 0.25) is 0 Å². The molecule has 6 nitrogen and oxygen atoms in total. The third-order valence-electron chi connectivity index (χ3n) is 3.77. The summed E-state index contributed by atoms with van der Waals surface area (Å²) < 4.78 is 10.7. The summed E-state index contributed by atoms with van der Waals surface area (Å²) in [5.74, 6) is 1.06. The molecule has 25 heavy (non-hydrogen) atoms. The number of benzene rings is 2. The lowest BCUT2D eigenvalue weighted by Crippen LogP contribution is -2.01. The Kier molecular flexibility index (Phi) is 4.50. The Bertz CT molecular complexity index is 999. The average Bonchev–Trinajstić information content (AvgIpc) is 2.62. The summed E-state index contributed by atoms with van der Waals surface area (Å²) in [6.07, 6.45) is 1.48. The Labute approximate surface area is 149 Å². The lowest BCUT2D eigenvalue weighted by atomic mass is 10.1. The Hall–Kier alpha value is -3.17. The van der Waals surface area contributed by atoms with Gasteiger partial charge in [0, 0.05) is 16.6 Å². The summed E-state index contributed by atoms with van der Waals surface area (Å²) in [5, 5.41) is 13.9. The molecule has 1 aromatic heterocycles. The van der Waals surface area contributed by atoms with Gasteiger partial charge in [0.05, 0.1) is 36.8 Å². The Morgan fingerprint density at radius 2 is 2.00 bits per heavy atom. The summed E-state index contributed by atoms with van der Waals surface area (Å²) in [6, 6.07) is 10.8. The van der Waals surface area contributed by atoms with E-state index in [9.17, 15) is 5.26 Å². The second-order valence-electron chi connectivity index (χ2n) is 5.21. The predicted molar refractivity (Wildman–Crippen MR) is 98.7 cm³/mol. The molecule has 0 saturated heterocycles. The van der Waals surface area contributed by atoms with Gasteiger partial charge in [0.1, 0.15) is 11.6 Å². The lowest BCUT2D eigenvalue weighted by molar-refractivity contribution is 0.358. The molecule has 0 saturated carbocycles. The van der Waals surface area contributed by atoms with E-state index >= 15 is 0 Å². The number of rotatable bonds is 4. The van der Waals surface area contributed by atoms with Crippen molar-refractivity contribution < 1.29 is 9.47 Å². The zero-order valence-corrected chi connectivity index (χ0v) is 14.4. The number of anilines is 3. The number of fused-ring (bicyclic) bond motifs is 1. The van der Waals surface area contributed by atoms with Crippen molar-refractivity contribution in [3.05, 3.63) is 47.1 Å². The standard InChI is InChI=1S/C18H15ClN4O2/c1-24-15-6-4-12-16(23-14-5-3-11(19)7-13(14)21)10(8-20)9-22-17(12)18(15)25-2/h3-7,9H,21H2,1-2H3,(H,22,23).